The highest BCUT2D eigenvalue weighted by Crippen LogP contribution is 2.33. The van der Waals surface area contributed by atoms with Gasteiger partial charge in [-0.25, -0.2) is 0 Å². The monoisotopic (exact) mass is 338 g/mol. The lowest BCUT2D eigenvalue weighted by Crippen LogP contribution is -2.30. The van der Waals surface area contributed by atoms with E-state index in [1.54, 1.807) is 31.4 Å². The summed E-state index contributed by atoms with van der Waals surface area (Å²) in [5.41, 5.74) is 8.72. The molecule has 1 unspecified atom stereocenters. The number of nitrogens with two attached hydrogens (primary N) is 1. The minimum atomic E-state index is -0.499. The summed E-state index contributed by atoms with van der Waals surface area (Å²) in [7, 11) is 1.67. The lowest BCUT2D eigenvalue weighted by molar-refractivity contribution is 0.0947. The zero-order valence-electron chi connectivity index (χ0n) is 14.2. The van der Waals surface area contributed by atoms with Gasteiger partial charge in [-0.1, -0.05) is 6.07 Å². The Bertz CT molecular complexity index is 784. The van der Waals surface area contributed by atoms with Crippen molar-refractivity contribution in [1.82, 2.24) is 5.32 Å². The molecule has 0 aliphatic heterocycles. The van der Waals surface area contributed by atoms with Gasteiger partial charge >= 0.3 is 0 Å². The fraction of sp³-hybridized carbons (Fsp3) is 0.300. The van der Waals surface area contributed by atoms with E-state index in [4.69, 9.17) is 10.5 Å². The van der Waals surface area contributed by atoms with Crippen LogP contribution in [-0.4, -0.2) is 25.5 Å². The van der Waals surface area contributed by atoms with Crippen LogP contribution in [0.25, 0.3) is 0 Å². The molecule has 0 radical (unpaired) electrons. The number of carbonyl (C=O) groups excluding carboxylic acids is 2. The average Bonchev–Trinajstić information content (AvgIpc) is 2.65. The van der Waals surface area contributed by atoms with Gasteiger partial charge in [-0.3, -0.25) is 9.59 Å². The molecule has 2 amide bonds. The molecule has 0 aromatic heterocycles. The lowest BCUT2D eigenvalue weighted by Gasteiger charge is -2.26. The summed E-state index contributed by atoms with van der Waals surface area (Å²) in [5, 5.41) is 3.00. The summed E-state index contributed by atoms with van der Waals surface area (Å²) in [4.78, 5) is 23.4. The second kappa shape index (κ2) is 7.38. The number of primary amides is 1. The number of ether oxygens (including phenoxy) is 1. The normalized spacial score (nSPS) is 16.0. The predicted molar refractivity (Wildman–Crippen MR) is 96.0 cm³/mol. The van der Waals surface area contributed by atoms with Gasteiger partial charge < -0.3 is 15.8 Å². The first-order valence-electron chi connectivity index (χ1n) is 8.43. The van der Waals surface area contributed by atoms with Gasteiger partial charge in [0.25, 0.3) is 5.91 Å². The van der Waals surface area contributed by atoms with Crippen molar-refractivity contribution in [2.24, 2.45) is 5.73 Å². The fourth-order valence-corrected chi connectivity index (χ4v) is 3.33. The average molecular weight is 338 g/mol. The van der Waals surface area contributed by atoms with Gasteiger partial charge in [0.05, 0.1) is 7.11 Å². The number of methoxy groups -OCH3 is 1. The van der Waals surface area contributed by atoms with Crippen LogP contribution in [0.4, 0.5) is 0 Å². The summed E-state index contributed by atoms with van der Waals surface area (Å²) in [5.74, 6) is 0.541. The molecule has 3 N–H and O–H groups in total. The third kappa shape index (κ3) is 3.82. The highest BCUT2D eigenvalue weighted by atomic mass is 16.5. The summed E-state index contributed by atoms with van der Waals surface area (Å²) < 4.78 is 5.30. The van der Waals surface area contributed by atoms with Crippen LogP contribution in [0.1, 0.15) is 50.6 Å². The van der Waals surface area contributed by atoms with Crippen molar-refractivity contribution >= 4 is 11.8 Å². The molecular formula is C20H22N2O3. The largest absolute Gasteiger partial charge is 0.497 e. The Morgan fingerprint density at radius 3 is 2.56 bits per heavy atom. The summed E-state index contributed by atoms with van der Waals surface area (Å²) >= 11 is 0. The van der Waals surface area contributed by atoms with Crippen LogP contribution in [0, 0.1) is 0 Å². The van der Waals surface area contributed by atoms with E-state index < -0.39 is 5.91 Å². The molecule has 2 aromatic rings. The number of amides is 2. The molecule has 2 aromatic carbocycles. The summed E-state index contributed by atoms with van der Waals surface area (Å²) in [6, 6.07) is 12.5. The molecule has 5 heteroatoms. The number of hydrogen-bond acceptors (Lipinski definition) is 3. The van der Waals surface area contributed by atoms with Crippen LogP contribution < -0.4 is 15.8 Å². The number of fused-ring (bicyclic) bond motifs is 1. The molecule has 130 valence electrons. The molecule has 1 aliphatic rings. The molecule has 3 rings (SSSR count). The van der Waals surface area contributed by atoms with Crippen LogP contribution in [0.5, 0.6) is 5.75 Å². The Morgan fingerprint density at radius 2 is 1.88 bits per heavy atom. The third-order valence-corrected chi connectivity index (χ3v) is 4.73. The number of nitrogens with one attached hydrogen (secondary N) is 1. The zero-order chi connectivity index (χ0) is 17.8. The second-order valence-corrected chi connectivity index (χ2v) is 6.31. The van der Waals surface area contributed by atoms with Crippen LogP contribution in [0.3, 0.4) is 0 Å². The Hall–Kier alpha value is -2.82. The topological polar surface area (TPSA) is 81.4 Å². The van der Waals surface area contributed by atoms with Crippen LogP contribution in [-0.2, 0) is 6.42 Å². The van der Waals surface area contributed by atoms with E-state index in [2.05, 4.69) is 17.4 Å². The maximum Gasteiger partial charge on any atom is 0.251 e. The van der Waals surface area contributed by atoms with E-state index >= 15 is 0 Å². The molecule has 1 aliphatic carbocycles. The highest BCUT2D eigenvalue weighted by molar-refractivity contribution is 5.97. The Labute approximate surface area is 147 Å². The molecule has 0 heterocycles. The number of benzene rings is 2. The van der Waals surface area contributed by atoms with E-state index in [-0.39, 0.29) is 5.91 Å². The standard InChI is InChI=1S/C20H22N2O3/c1-25-17-9-10-18-15(11-17)3-2-4-16(18)12-22-20(24)14-7-5-13(6-8-14)19(21)23/h5-11,16H,2-4,12H2,1H3,(H2,21,23)(H,22,24). The first-order chi connectivity index (χ1) is 12.1. The van der Waals surface area contributed by atoms with Gasteiger partial charge in [0.15, 0.2) is 0 Å². The van der Waals surface area contributed by atoms with Gasteiger partial charge in [0.1, 0.15) is 5.75 Å². The van der Waals surface area contributed by atoms with Gasteiger partial charge in [-0.15, -0.1) is 0 Å². The quantitative estimate of drug-likeness (QED) is 0.879. The maximum absolute atomic E-state index is 12.3. The van der Waals surface area contributed by atoms with E-state index in [0.29, 0.717) is 23.6 Å². The molecule has 1 atom stereocenters. The Balaban J connectivity index is 1.66. The molecule has 25 heavy (non-hydrogen) atoms. The van der Waals surface area contributed by atoms with E-state index in [1.165, 1.54) is 11.1 Å². The molecule has 0 fully saturated rings. The van der Waals surface area contributed by atoms with Crippen molar-refractivity contribution in [3.8, 4) is 5.75 Å². The van der Waals surface area contributed by atoms with E-state index in [9.17, 15) is 9.59 Å². The molecule has 0 bridgehead atoms. The van der Waals surface area contributed by atoms with Gasteiger partial charge in [0.2, 0.25) is 5.91 Å². The molecule has 5 nitrogen and oxygen atoms in total. The predicted octanol–water partition coefficient (Wildman–Crippen LogP) is 2.64. The van der Waals surface area contributed by atoms with Gasteiger partial charge in [0, 0.05) is 23.6 Å². The SMILES string of the molecule is COc1ccc2c(c1)CCCC2CNC(=O)c1ccc(C(N)=O)cc1. The van der Waals surface area contributed by atoms with Crippen molar-refractivity contribution in [2.45, 2.75) is 25.2 Å². The van der Waals surface area contributed by atoms with Gasteiger partial charge in [-0.2, -0.15) is 0 Å². The first-order valence-corrected chi connectivity index (χ1v) is 8.43. The number of aryl methyl sites for hydroxylation is 1. The fourth-order valence-electron chi connectivity index (χ4n) is 3.33. The molecule has 0 saturated carbocycles. The first kappa shape index (κ1) is 17.0. The van der Waals surface area contributed by atoms with Crippen LogP contribution in [0.15, 0.2) is 42.5 Å². The van der Waals surface area contributed by atoms with Crippen molar-refractivity contribution in [1.29, 1.82) is 0 Å². The number of hydrogen-bond donors (Lipinski definition) is 2. The van der Waals surface area contributed by atoms with Gasteiger partial charge in [-0.05, 0) is 66.8 Å². The summed E-state index contributed by atoms with van der Waals surface area (Å²) in [6.45, 7) is 0.593. The zero-order valence-corrected chi connectivity index (χ0v) is 14.2. The third-order valence-electron chi connectivity index (χ3n) is 4.73. The Morgan fingerprint density at radius 1 is 1.16 bits per heavy atom. The minimum Gasteiger partial charge on any atom is -0.497 e. The molecular weight excluding hydrogens is 316 g/mol. The highest BCUT2D eigenvalue weighted by Gasteiger charge is 2.21. The molecule has 0 spiro atoms. The lowest BCUT2D eigenvalue weighted by atomic mass is 9.82. The number of carbonyl (C=O) groups is 2. The van der Waals surface area contributed by atoms with Crippen molar-refractivity contribution in [2.75, 3.05) is 13.7 Å². The van der Waals surface area contributed by atoms with E-state index in [1.807, 2.05) is 6.07 Å². The van der Waals surface area contributed by atoms with Crippen LogP contribution in [0.2, 0.25) is 0 Å². The molecule has 0 saturated heterocycles. The number of rotatable bonds is 5. The van der Waals surface area contributed by atoms with E-state index in [0.717, 1.165) is 25.0 Å². The van der Waals surface area contributed by atoms with Crippen molar-refractivity contribution in [3.63, 3.8) is 0 Å². The Kier molecular flexibility index (Phi) is 5.03. The van der Waals surface area contributed by atoms with Crippen molar-refractivity contribution < 1.29 is 14.3 Å². The maximum atomic E-state index is 12.3. The summed E-state index contributed by atoms with van der Waals surface area (Å²) in [6.07, 6.45) is 3.21. The van der Waals surface area contributed by atoms with Crippen molar-refractivity contribution in [3.05, 3.63) is 64.7 Å². The van der Waals surface area contributed by atoms with Crippen LogP contribution >= 0.6 is 0 Å². The second-order valence-electron chi connectivity index (χ2n) is 6.31. The smallest absolute Gasteiger partial charge is 0.251 e. The minimum absolute atomic E-state index is 0.142.